The average molecular weight is 438 g/mol. The molecule has 152 valence electrons. The highest BCUT2D eigenvalue weighted by Crippen LogP contribution is 2.20. The second-order valence-corrected chi connectivity index (χ2v) is 8.59. The van der Waals surface area contributed by atoms with Crippen LogP contribution in [0.1, 0.15) is 15.2 Å². The molecule has 0 aliphatic rings. The Morgan fingerprint density at radius 1 is 1.07 bits per heavy atom. The summed E-state index contributed by atoms with van der Waals surface area (Å²) in [6, 6.07) is 14.7. The number of alkyl halides is 2. The van der Waals surface area contributed by atoms with Crippen molar-refractivity contribution in [2.75, 3.05) is 5.32 Å². The number of rotatable bonds is 8. The summed E-state index contributed by atoms with van der Waals surface area (Å²) < 4.78 is 56.4. The molecule has 3 aromatic rings. The molecule has 0 bridgehead atoms. The molecule has 1 aromatic heterocycles. The topological polar surface area (TPSA) is 84.5 Å². The number of carbonyl (C=O) groups is 1. The van der Waals surface area contributed by atoms with Crippen LogP contribution in [0.5, 0.6) is 5.75 Å². The van der Waals surface area contributed by atoms with Crippen LogP contribution >= 0.6 is 11.3 Å². The summed E-state index contributed by atoms with van der Waals surface area (Å²) in [5.41, 5.74) is 0.335. The van der Waals surface area contributed by atoms with Crippen LogP contribution in [0.25, 0.3) is 0 Å². The fourth-order valence-electron chi connectivity index (χ4n) is 2.42. The highest BCUT2D eigenvalue weighted by Gasteiger charge is 2.17. The van der Waals surface area contributed by atoms with E-state index in [-0.39, 0.29) is 28.4 Å². The minimum atomic E-state index is -3.81. The van der Waals surface area contributed by atoms with Gasteiger partial charge in [0.2, 0.25) is 10.0 Å². The maximum Gasteiger partial charge on any atom is 0.387 e. The monoisotopic (exact) mass is 438 g/mol. The predicted molar refractivity (Wildman–Crippen MR) is 106 cm³/mol. The van der Waals surface area contributed by atoms with Crippen molar-refractivity contribution in [1.29, 1.82) is 0 Å². The van der Waals surface area contributed by atoms with Crippen molar-refractivity contribution in [3.8, 4) is 5.75 Å². The van der Waals surface area contributed by atoms with E-state index < -0.39 is 22.5 Å². The lowest BCUT2D eigenvalue weighted by Crippen LogP contribution is -2.23. The Labute approximate surface area is 170 Å². The third-order valence-electron chi connectivity index (χ3n) is 3.74. The Hall–Kier alpha value is -2.82. The fraction of sp³-hybridized carbons (Fsp3) is 0.105. The van der Waals surface area contributed by atoms with Crippen LogP contribution in [-0.2, 0) is 16.6 Å². The average Bonchev–Trinajstić information content (AvgIpc) is 3.20. The molecule has 10 heteroatoms. The third kappa shape index (κ3) is 5.83. The van der Waals surface area contributed by atoms with Gasteiger partial charge in [-0.05, 0) is 41.8 Å². The number of carbonyl (C=O) groups excluding carboxylic acids is 1. The van der Waals surface area contributed by atoms with Crippen molar-refractivity contribution < 1.29 is 26.7 Å². The molecule has 0 unspecified atom stereocenters. The predicted octanol–water partition coefficient (Wildman–Crippen LogP) is 4.08. The van der Waals surface area contributed by atoms with E-state index >= 15 is 0 Å². The van der Waals surface area contributed by atoms with Crippen LogP contribution in [0.3, 0.4) is 0 Å². The van der Waals surface area contributed by atoms with Crippen molar-refractivity contribution >= 4 is 33.0 Å². The number of benzene rings is 2. The van der Waals surface area contributed by atoms with E-state index in [0.29, 0.717) is 0 Å². The van der Waals surface area contributed by atoms with Gasteiger partial charge in [-0.2, -0.15) is 8.78 Å². The summed E-state index contributed by atoms with van der Waals surface area (Å²) in [5, 5.41) is 4.37. The lowest BCUT2D eigenvalue weighted by atomic mass is 10.2. The van der Waals surface area contributed by atoms with Gasteiger partial charge < -0.3 is 10.1 Å². The number of anilines is 1. The summed E-state index contributed by atoms with van der Waals surface area (Å²) in [6.07, 6.45) is 0. The zero-order valence-corrected chi connectivity index (χ0v) is 16.5. The first-order valence-corrected chi connectivity index (χ1v) is 10.7. The maximum atomic E-state index is 12.5. The summed E-state index contributed by atoms with van der Waals surface area (Å²) >= 11 is 1.42. The molecule has 1 heterocycles. The smallest absolute Gasteiger partial charge is 0.387 e. The number of thiophene rings is 1. The van der Waals surface area contributed by atoms with Gasteiger partial charge in [-0.3, -0.25) is 4.79 Å². The van der Waals surface area contributed by atoms with Gasteiger partial charge >= 0.3 is 6.61 Å². The molecule has 0 saturated heterocycles. The van der Waals surface area contributed by atoms with Crippen LogP contribution in [0.4, 0.5) is 14.5 Å². The number of sulfonamides is 1. The normalized spacial score (nSPS) is 11.4. The molecule has 6 nitrogen and oxygen atoms in total. The summed E-state index contributed by atoms with van der Waals surface area (Å²) in [4.78, 5) is 13.3. The van der Waals surface area contributed by atoms with Gasteiger partial charge in [-0.25, -0.2) is 13.1 Å². The molecule has 29 heavy (non-hydrogen) atoms. The zero-order chi connectivity index (χ0) is 20.9. The van der Waals surface area contributed by atoms with Crippen molar-refractivity contribution in [1.82, 2.24) is 4.72 Å². The largest absolute Gasteiger partial charge is 0.435 e. The molecule has 0 spiro atoms. The van der Waals surface area contributed by atoms with E-state index in [1.165, 1.54) is 59.9 Å². The van der Waals surface area contributed by atoms with Gasteiger partial charge in [0.15, 0.2) is 0 Å². The van der Waals surface area contributed by atoms with Gasteiger partial charge in [-0.1, -0.05) is 18.2 Å². The molecular formula is C19H16F2N2O4S2. The number of halogens is 2. The molecule has 2 aromatic carbocycles. The first kappa shape index (κ1) is 20.9. The SMILES string of the molecule is O=C(Nc1cccc(OC(F)F)c1)c1cccc(S(=O)(=O)NCc2cccs2)c1. The second-order valence-electron chi connectivity index (χ2n) is 5.79. The van der Waals surface area contributed by atoms with E-state index in [2.05, 4.69) is 14.8 Å². The molecule has 1 amide bonds. The van der Waals surface area contributed by atoms with Crippen molar-refractivity contribution in [3.05, 3.63) is 76.5 Å². The van der Waals surface area contributed by atoms with Crippen LogP contribution in [0.15, 0.2) is 70.9 Å². The minimum absolute atomic E-state index is 0.0588. The van der Waals surface area contributed by atoms with E-state index in [0.717, 1.165) is 4.88 Å². The quantitative estimate of drug-likeness (QED) is 0.555. The van der Waals surface area contributed by atoms with Crippen molar-refractivity contribution in [2.45, 2.75) is 18.1 Å². The van der Waals surface area contributed by atoms with E-state index in [1.807, 2.05) is 17.5 Å². The number of hydrogen-bond acceptors (Lipinski definition) is 5. The van der Waals surface area contributed by atoms with E-state index in [1.54, 1.807) is 0 Å². The molecule has 0 atom stereocenters. The molecule has 0 saturated carbocycles. The first-order chi connectivity index (χ1) is 13.8. The highest BCUT2D eigenvalue weighted by atomic mass is 32.2. The van der Waals surface area contributed by atoms with Crippen molar-refractivity contribution in [3.63, 3.8) is 0 Å². The first-order valence-electron chi connectivity index (χ1n) is 8.32. The van der Waals surface area contributed by atoms with Crippen LogP contribution in [0, 0.1) is 0 Å². The summed E-state index contributed by atoms with van der Waals surface area (Å²) in [7, 11) is -3.81. The number of nitrogens with one attached hydrogen (secondary N) is 2. The van der Waals surface area contributed by atoms with Crippen LogP contribution in [-0.4, -0.2) is 20.9 Å². The standard InChI is InChI=1S/C19H16F2N2O4S2/c20-19(21)27-15-6-2-5-14(11-15)23-18(24)13-4-1-8-17(10-13)29(25,26)22-12-16-7-3-9-28-16/h1-11,19,22H,12H2,(H,23,24). The summed E-state index contributed by atoms with van der Waals surface area (Å²) in [5.74, 6) is -0.693. The Bertz CT molecular complexity index is 1090. The molecular weight excluding hydrogens is 422 g/mol. The third-order valence-corrected chi connectivity index (χ3v) is 6.02. The number of ether oxygens (including phenoxy) is 1. The highest BCUT2D eigenvalue weighted by molar-refractivity contribution is 7.89. The summed E-state index contributed by atoms with van der Waals surface area (Å²) in [6.45, 7) is -2.84. The zero-order valence-electron chi connectivity index (χ0n) is 14.8. The molecule has 0 radical (unpaired) electrons. The van der Waals surface area contributed by atoms with Crippen LogP contribution in [0.2, 0.25) is 0 Å². The Morgan fingerprint density at radius 2 is 1.86 bits per heavy atom. The molecule has 0 fully saturated rings. The number of hydrogen-bond donors (Lipinski definition) is 2. The van der Waals surface area contributed by atoms with E-state index in [4.69, 9.17) is 0 Å². The van der Waals surface area contributed by atoms with Gasteiger partial charge in [-0.15, -0.1) is 11.3 Å². The fourth-order valence-corrected chi connectivity index (χ4v) is 4.21. The maximum absolute atomic E-state index is 12.5. The Balaban J connectivity index is 1.72. The molecule has 3 rings (SSSR count). The van der Waals surface area contributed by atoms with Gasteiger partial charge in [0.05, 0.1) is 4.90 Å². The number of amides is 1. The van der Waals surface area contributed by atoms with Gasteiger partial charge in [0.1, 0.15) is 5.75 Å². The van der Waals surface area contributed by atoms with Gasteiger partial charge in [0.25, 0.3) is 5.91 Å². The minimum Gasteiger partial charge on any atom is -0.435 e. The second kappa shape index (κ2) is 9.12. The molecule has 2 N–H and O–H groups in total. The van der Waals surface area contributed by atoms with Crippen molar-refractivity contribution in [2.24, 2.45) is 0 Å². The molecule has 0 aliphatic carbocycles. The Kier molecular flexibility index (Phi) is 6.57. The van der Waals surface area contributed by atoms with Gasteiger partial charge in [0, 0.05) is 28.7 Å². The Morgan fingerprint density at radius 3 is 2.59 bits per heavy atom. The lowest BCUT2D eigenvalue weighted by Gasteiger charge is -2.10. The van der Waals surface area contributed by atoms with E-state index in [9.17, 15) is 22.0 Å². The van der Waals surface area contributed by atoms with Crippen LogP contribution < -0.4 is 14.8 Å². The molecule has 0 aliphatic heterocycles. The lowest BCUT2D eigenvalue weighted by molar-refractivity contribution is -0.0498.